The molecule has 0 saturated heterocycles. The molecule has 1 nitrogen and oxygen atoms in total. The number of aryl methyl sites for hydroxylation is 1. The van der Waals surface area contributed by atoms with Gasteiger partial charge in [-0.3, -0.25) is 0 Å². The average molecular weight is 316 g/mol. The Kier molecular flexibility index (Phi) is 8.74. The molecule has 2 rings (SSSR count). The van der Waals surface area contributed by atoms with E-state index >= 15 is 0 Å². The van der Waals surface area contributed by atoms with E-state index in [-0.39, 0.29) is 0 Å². The molecule has 23 heavy (non-hydrogen) atoms. The molecule has 1 heteroatoms. The fourth-order valence-corrected chi connectivity index (χ4v) is 3.88. The number of unbranched alkanes of at least 4 members (excludes halogenated alkanes) is 5. The maximum absolute atomic E-state index is 3.69. The third-order valence-corrected chi connectivity index (χ3v) is 5.39. The van der Waals surface area contributed by atoms with Crippen molar-refractivity contribution in [2.45, 2.75) is 96.4 Å². The van der Waals surface area contributed by atoms with Gasteiger partial charge in [0.2, 0.25) is 0 Å². The van der Waals surface area contributed by atoms with Crippen LogP contribution in [0.5, 0.6) is 0 Å². The predicted molar refractivity (Wildman–Crippen MR) is 102 cm³/mol. The maximum atomic E-state index is 3.69. The number of nitrogens with one attached hydrogen (secondary N) is 1. The summed E-state index contributed by atoms with van der Waals surface area (Å²) < 4.78 is 0. The van der Waals surface area contributed by atoms with E-state index in [4.69, 9.17) is 0 Å². The summed E-state index contributed by atoms with van der Waals surface area (Å²) in [5.74, 6) is 0.785. The molecule has 1 aromatic carbocycles. The summed E-state index contributed by atoms with van der Waals surface area (Å²) in [6.45, 7) is 5.71. The van der Waals surface area contributed by atoms with E-state index in [1.807, 2.05) is 0 Å². The Labute approximate surface area is 144 Å². The molecule has 0 amide bonds. The summed E-state index contributed by atoms with van der Waals surface area (Å²) in [5.41, 5.74) is 3.10. The molecule has 1 aliphatic carbocycles. The maximum Gasteiger partial charge on any atom is 0.00730 e. The van der Waals surface area contributed by atoms with Gasteiger partial charge in [-0.05, 0) is 62.1 Å². The van der Waals surface area contributed by atoms with Gasteiger partial charge in [0.25, 0.3) is 0 Å². The molecule has 0 aliphatic heterocycles. The zero-order valence-electron chi connectivity index (χ0n) is 15.4. The Morgan fingerprint density at radius 2 is 1.61 bits per heavy atom. The highest BCUT2D eigenvalue weighted by Gasteiger charge is 2.25. The molecule has 1 N–H and O–H groups in total. The molecule has 0 radical (unpaired) electrons. The summed E-state index contributed by atoms with van der Waals surface area (Å²) in [4.78, 5) is 0. The first-order chi connectivity index (χ1) is 11.3. The van der Waals surface area contributed by atoms with Gasteiger partial charge in [0.05, 0.1) is 0 Å². The van der Waals surface area contributed by atoms with Crippen molar-refractivity contribution in [2.75, 3.05) is 6.54 Å². The quantitative estimate of drug-likeness (QED) is 0.478. The second kappa shape index (κ2) is 10.9. The van der Waals surface area contributed by atoms with Crippen LogP contribution in [0.15, 0.2) is 24.3 Å². The zero-order chi connectivity index (χ0) is 16.3. The van der Waals surface area contributed by atoms with E-state index in [2.05, 4.69) is 43.4 Å². The van der Waals surface area contributed by atoms with Crippen molar-refractivity contribution in [1.29, 1.82) is 0 Å². The van der Waals surface area contributed by atoms with Crippen LogP contribution in [-0.2, 0) is 6.42 Å². The van der Waals surface area contributed by atoms with Crippen LogP contribution in [0.4, 0.5) is 0 Å². The van der Waals surface area contributed by atoms with Crippen molar-refractivity contribution < 1.29 is 0 Å². The Bertz CT molecular complexity index is 408. The fraction of sp³-hybridized carbons (Fsp3) is 0.727. The van der Waals surface area contributed by atoms with Gasteiger partial charge in [-0.15, -0.1) is 0 Å². The Morgan fingerprint density at radius 1 is 0.870 bits per heavy atom. The minimum Gasteiger partial charge on any atom is -0.314 e. The molecule has 130 valence electrons. The fourth-order valence-electron chi connectivity index (χ4n) is 3.88. The molecule has 0 heterocycles. The molecular weight excluding hydrogens is 278 g/mol. The lowest BCUT2D eigenvalue weighted by atomic mass is 9.95. The predicted octanol–water partition coefficient (Wildman–Crippen LogP) is 6.23. The normalized spacial score (nSPS) is 21.0. The van der Waals surface area contributed by atoms with E-state index in [0.29, 0.717) is 0 Å². The molecule has 2 unspecified atom stereocenters. The summed E-state index contributed by atoms with van der Waals surface area (Å²) in [7, 11) is 0. The number of hydrogen-bond donors (Lipinski definition) is 1. The Morgan fingerprint density at radius 3 is 2.35 bits per heavy atom. The van der Waals surface area contributed by atoms with Gasteiger partial charge in [0.15, 0.2) is 0 Å². The van der Waals surface area contributed by atoms with E-state index in [1.54, 1.807) is 5.56 Å². The first-order valence-corrected chi connectivity index (χ1v) is 10.2. The van der Waals surface area contributed by atoms with Crippen LogP contribution in [0.3, 0.4) is 0 Å². The molecule has 0 aromatic heterocycles. The largest absolute Gasteiger partial charge is 0.314 e. The van der Waals surface area contributed by atoms with Gasteiger partial charge in [-0.25, -0.2) is 0 Å². The minimum absolute atomic E-state index is 0.753. The van der Waals surface area contributed by atoms with Crippen LogP contribution < -0.4 is 5.32 Å². The van der Waals surface area contributed by atoms with E-state index < -0.39 is 0 Å². The van der Waals surface area contributed by atoms with E-state index in [0.717, 1.165) is 12.0 Å². The number of benzene rings is 1. The second-order valence-corrected chi connectivity index (χ2v) is 7.42. The van der Waals surface area contributed by atoms with Gasteiger partial charge >= 0.3 is 0 Å². The second-order valence-electron chi connectivity index (χ2n) is 7.42. The Hall–Kier alpha value is -0.820. The van der Waals surface area contributed by atoms with Crippen molar-refractivity contribution in [3.8, 4) is 0 Å². The standard InChI is InChI=1S/C22H37N/c1-3-5-6-7-8-9-10-19-11-13-20(14-12-19)21-15-16-22(18-21)23-17-4-2/h11-14,21-23H,3-10,15-18H2,1-2H3. The third kappa shape index (κ3) is 6.67. The van der Waals surface area contributed by atoms with Crippen molar-refractivity contribution in [3.05, 3.63) is 35.4 Å². The molecule has 1 saturated carbocycles. The van der Waals surface area contributed by atoms with Gasteiger partial charge in [-0.2, -0.15) is 0 Å². The van der Waals surface area contributed by atoms with E-state index in [1.165, 1.54) is 82.7 Å². The minimum atomic E-state index is 0.753. The van der Waals surface area contributed by atoms with Crippen LogP contribution >= 0.6 is 0 Å². The van der Waals surface area contributed by atoms with Crippen molar-refractivity contribution in [2.24, 2.45) is 0 Å². The van der Waals surface area contributed by atoms with Crippen LogP contribution in [-0.4, -0.2) is 12.6 Å². The van der Waals surface area contributed by atoms with Gasteiger partial charge in [0.1, 0.15) is 0 Å². The topological polar surface area (TPSA) is 12.0 Å². The van der Waals surface area contributed by atoms with E-state index in [9.17, 15) is 0 Å². The van der Waals surface area contributed by atoms with Crippen LogP contribution in [0.2, 0.25) is 0 Å². The van der Waals surface area contributed by atoms with Crippen molar-refractivity contribution in [1.82, 2.24) is 5.32 Å². The summed E-state index contributed by atoms with van der Waals surface area (Å²) >= 11 is 0. The number of hydrogen-bond acceptors (Lipinski definition) is 1. The highest BCUT2D eigenvalue weighted by atomic mass is 14.9. The molecule has 1 fully saturated rings. The summed E-state index contributed by atoms with van der Waals surface area (Å²) in [6.07, 6.45) is 14.9. The molecule has 2 atom stereocenters. The van der Waals surface area contributed by atoms with Crippen molar-refractivity contribution >= 4 is 0 Å². The molecule has 0 spiro atoms. The number of rotatable bonds is 11. The monoisotopic (exact) mass is 315 g/mol. The van der Waals surface area contributed by atoms with Gasteiger partial charge < -0.3 is 5.32 Å². The molecular formula is C22H37N. The van der Waals surface area contributed by atoms with Gasteiger partial charge in [0, 0.05) is 6.04 Å². The average Bonchev–Trinajstić information content (AvgIpc) is 3.05. The molecule has 0 bridgehead atoms. The highest BCUT2D eigenvalue weighted by Crippen LogP contribution is 2.34. The van der Waals surface area contributed by atoms with Crippen LogP contribution in [0.25, 0.3) is 0 Å². The first kappa shape index (κ1) is 18.5. The lowest BCUT2D eigenvalue weighted by Crippen LogP contribution is -2.26. The summed E-state index contributed by atoms with van der Waals surface area (Å²) in [6, 6.07) is 10.3. The Balaban J connectivity index is 1.68. The van der Waals surface area contributed by atoms with Crippen LogP contribution in [0, 0.1) is 0 Å². The highest BCUT2D eigenvalue weighted by molar-refractivity contribution is 5.26. The smallest absolute Gasteiger partial charge is 0.00730 e. The lowest BCUT2D eigenvalue weighted by Gasteiger charge is -2.13. The molecule has 1 aromatic rings. The first-order valence-electron chi connectivity index (χ1n) is 10.2. The van der Waals surface area contributed by atoms with Gasteiger partial charge in [-0.1, -0.05) is 70.2 Å². The van der Waals surface area contributed by atoms with Crippen molar-refractivity contribution in [3.63, 3.8) is 0 Å². The van der Waals surface area contributed by atoms with Crippen LogP contribution in [0.1, 0.15) is 95.1 Å². The molecule has 1 aliphatic rings. The summed E-state index contributed by atoms with van der Waals surface area (Å²) in [5, 5.41) is 3.69. The SMILES string of the molecule is CCCCCCCCc1ccc(C2CCC(NCCC)C2)cc1. The lowest BCUT2D eigenvalue weighted by molar-refractivity contribution is 0.517. The zero-order valence-corrected chi connectivity index (χ0v) is 15.4. The third-order valence-electron chi connectivity index (χ3n) is 5.39.